The Bertz CT molecular complexity index is 901. The molecule has 0 radical (unpaired) electrons. The van der Waals surface area contributed by atoms with E-state index >= 15 is 0 Å². The molecule has 0 saturated carbocycles. The minimum atomic E-state index is -0.287. The third-order valence-corrected chi connectivity index (χ3v) is 4.57. The Morgan fingerprint density at radius 1 is 1.28 bits per heavy atom. The van der Waals surface area contributed by atoms with Crippen molar-refractivity contribution in [3.8, 4) is 23.7 Å². The van der Waals surface area contributed by atoms with E-state index in [1.165, 1.54) is 0 Å². The smallest absolute Gasteiger partial charge is 0.167 e. The average molecular weight is 353 g/mol. The number of hydrogen-bond acceptors (Lipinski definition) is 4. The summed E-state index contributed by atoms with van der Waals surface area (Å²) in [5.41, 5.74) is 3.74. The zero-order chi connectivity index (χ0) is 18.1. The fraction of sp³-hybridized carbons (Fsp3) is 0.250. The molecule has 0 aliphatic heterocycles. The number of halogens is 1. The summed E-state index contributed by atoms with van der Waals surface area (Å²) in [7, 11) is 0. The van der Waals surface area contributed by atoms with E-state index in [1.807, 2.05) is 26.0 Å². The molecule has 0 spiro atoms. The first-order valence-electron chi connectivity index (χ1n) is 7.91. The van der Waals surface area contributed by atoms with Crippen molar-refractivity contribution in [3.05, 3.63) is 52.0 Å². The molecule has 1 aliphatic carbocycles. The van der Waals surface area contributed by atoms with E-state index in [1.54, 1.807) is 12.4 Å². The van der Waals surface area contributed by atoms with E-state index in [-0.39, 0.29) is 23.9 Å². The highest BCUT2D eigenvalue weighted by atomic mass is 35.5. The Kier molecular flexibility index (Phi) is 4.61. The van der Waals surface area contributed by atoms with Crippen LogP contribution in [-0.2, 0) is 4.79 Å². The molecule has 0 fully saturated rings. The number of aliphatic hydroxyl groups excluding tert-OH is 1. The molecule has 1 N–H and O–H groups in total. The van der Waals surface area contributed by atoms with Crippen LogP contribution in [0.5, 0.6) is 0 Å². The monoisotopic (exact) mass is 352 g/mol. The van der Waals surface area contributed by atoms with Crippen molar-refractivity contribution in [3.63, 3.8) is 0 Å². The molecule has 0 bridgehead atoms. The molecular weight excluding hydrogens is 336 g/mol. The zero-order valence-corrected chi connectivity index (χ0v) is 14.8. The summed E-state index contributed by atoms with van der Waals surface area (Å²) < 4.78 is 0. The Labute approximate surface area is 151 Å². The van der Waals surface area contributed by atoms with Crippen molar-refractivity contribution in [1.29, 1.82) is 0 Å². The van der Waals surface area contributed by atoms with Gasteiger partial charge in [0.05, 0.1) is 10.6 Å². The number of aliphatic hydroxyl groups is 1. The first-order chi connectivity index (χ1) is 11.9. The SMILES string of the molecule is C#CCC1CC(=O)C(c2c(C)cc(-c3ncc(Cl)cn3)cc2C)=C1O. The van der Waals surface area contributed by atoms with Crippen LogP contribution in [0.4, 0.5) is 0 Å². The molecule has 1 aromatic heterocycles. The van der Waals surface area contributed by atoms with Gasteiger partial charge >= 0.3 is 0 Å². The number of hydrogen-bond donors (Lipinski definition) is 1. The van der Waals surface area contributed by atoms with Crippen molar-refractivity contribution in [1.82, 2.24) is 9.97 Å². The lowest BCUT2D eigenvalue weighted by atomic mass is 9.92. The highest BCUT2D eigenvalue weighted by molar-refractivity contribution is 6.30. The Morgan fingerprint density at radius 3 is 2.44 bits per heavy atom. The summed E-state index contributed by atoms with van der Waals surface area (Å²) in [6, 6.07) is 3.82. The van der Waals surface area contributed by atoms with Gasteiger partial charge in [0, 0.05) is 36.7 Å². The van der Waals surface area contributed by atoms with Gasteiger partial charge in [-0.2, -0.15) is 0 Å². The van der Waals surface area contributed by atoms with Gasteiger partial charge in [-0.05, 0) is 42.7 Å². The van der Waals surface area contributed by atoms with Gasteiger partial charge in [0.15, 0.2) is 11.6 Å². The number of nitrogens with zero attached hydrogens (tertiary/aromatic N) is 2. The predicted octanol–water partition coefficient (Wildman–Crippen LogP) is 4.30. The van der Waals surface area contributed by atoms with Crippen LogP contribution in [0.25, 0.3) is 17.0 Å². The quantitative estimate of drug-likeness (QED) is 0.837. The lowest BCUT2D eigenvalue weighted by molar-refractivity contribution is -0.113. The number of ketones is 1. The normalized spacial score (nSPS) is 17.0. The number of Topliss-reactive ketones (excluding diaryl/α,β-unsaturated/α-hetero) is 1. The molecule has 3 rings (SSSR count). The number of allylic oxidation sites excluding steroid dienone is 2. The van der Waals surface area contributed by atoms with E-state index < -0.39 is 0 Å². The van der Waals surface area contributed by atoms with Gasteiger partial charge < -0.3 is 5.11 Å². The summed E-state index contributed by atoms with van der Waals surface area (Å²) in [6.45, 7) is 3.81. The van der Waals surface area contributed by atoms with Crippen LogP contribution in [0.2, 0.25) is 5.02 Å². The molecule has 0 saturated heterocycles. The lowest BCUT2D eigenvalue weighted by Crippen LogP contribution is -2.02. The number of carbonyl (C=O) groups is 1. The molecular formula is C20H17ClN2O2. The zero-order valence-electron chi connectivity index (χ0n) is 14.0. The summed E-state index contributed by atoms with van der Waals surface area (Å²) >= 11 is 5.83. The fourth-order valence-electron chi connectivity index (χ4n) is 3.30. The van der Waals surface area contributed by atoms with Crippen molar-refractivity contribution in [2.75, 3.05) is 0 Å². The van der Waals surface area contributed by atoms with E-state index in [0.29, 0.717) is 22.8 Å². The molecule has 1 aliphatic rings. The maximum absolute atomic E-state index is 12.4. The first kappa shape index (κ1) is 17.2. The first-order valence-corrected chi connectivity index (χ1v) is 8.29. The Hall–Kier alpha value is -2.64. The Morgan fingerprint density at radius 2 is 1.88 bits per heavy atom. The number of carbonyl (C=O) groups excluding carboxylic acids is 1. The standard InChI is InChI=1S/C20H17ClN2O2/c1-4-5-13-8-16(24)18(19(13)25)17-11(2)6-14(7-12(17)3)20-22-9-15(21)10-23-20/h1,6-7,9-10,13,25H,5,8H2,2-3H3. The van der Waals surface area contributed by atoms with Crippen LogP contribution in [0.3, 0.4) is 0 Å². The molecule has 1 heterocycles. The second kappa shape index (κ2) is 6.70. The van der Waals surface area contributed by atoms with Crippen LogP contribution in [0, 0.1) is 32.1 Å². The number of aryl methyl sites for hydroxylation is 2. The van der Waals surface area contributed by atoms with Gasteiger partial charge in [0.1, 0.15) is 5.76 Å². The van der Waals surface area contributed by atoms with Crippen molar-refractivity contribution in [2.45, 2.75) is 26.7 Å². The summed E-state index contributed by atoms with van der Waals surface area (Å²) in [4.78, 5) is 20.9. The van der Waals surface area contributed by atoms with E-state index in [0.717, 1.165) is 22.3 Å². The molecule has 1 unspecified atom stereocenters. The number of aromatic nitrogens is 2. The van der Waals surface area contributed by atoms with Crippen LogP contribution >= 0.6 is 11.6 Å². The summed E-state index contributed by atoms with van der Waals surface area (Å²) in [6.07, 6.45) is 9.04. The molecule has 0 amide bonds. The number of rotatable bonds is 3. The topological polar surface area (TPSA) is 63.1 Å². The molecule has 2 aromatic rings. The molecule has 1 aromatic carbocycles. The van der Waals surface area contributed by atoms with E-state index in [2.05, 4.69) is 15.9 Å². The van der Waals surface area contributed by atoms with Crippen molar-refractivity contribution in [2.24, 2.45) is 5.92 Å². The van der Waals surface area contributed by atoms with Crippen LogP contribution < -0.4 is 0 Å². The second-order valence-electron chi connectivity index (χ2n) is 6.20. The maximum atomic E-state index is 12.4. The Balaban J connectivity index is 2.09. The maximum Gasteiger partial charge on any atom is 0.167 e. The third kappa shape index (κ3) is 3.16. The average Bonchev–Trinajstić information content (AvgIpc) is 2.83. The lowest BCUT2D eigenvalue weighted by Gasteiger charge is -2.13. The molecule has 1 atom stereocenters. The largest absolute Gasteiger partial charge is 0.511 e. The summed E-state index contributed by atoms with van der Waals surface area (Å²) in [5, 5.41) is 11.0. The third-order valence-electron chi connectivity index (χ3n) is 4.38. The second-order valence-corrected chi connectivity index (χ2v) is 6.64. The highest BCUT2D eigenvalue weighted by Gasteiger charge is 2.34. The number of terminal acetylenes is 1. The van der Waals surface area contributed by atoms with Gasteiger partial charge in [-0.3, -0.25) is 4.79 Å². The van der Waals surface area contributed by atoms with Gasteiger partial charge in [-0.15, -0.1) is 12.3 Å². The van der Waals surface area contributed by atoms with Crippen molar-refractivity contribution >= 4 is 23.0 Å². The summed E-state index contributed by atoms with van der Waals surface area (Å²) in [5.74, 6) is 2.83. The molecule has 25 heavy (non-hydrogen) atoms. The minimum Gasteiger partial charge on any atom is -0.511 e. The van der Waals surface area contributed by atoms with Crippen LogP contribution in [0.15, 0.2) is 30.3 Å². The van der Waals surface area contributed by atoms with Gasteiger partial charge in [0.2, 0.25) is 0 Å². The minimum absolute atomic E-state index is 0.0700. The fourth-order valence-corrected chi connectivity index (χ4v) is 3.39. The molecule has 4 nitrogen and oxygen atoms in total. The highest BCUT2D eigenvalue weighted by Crippen LogP contribution is 2.39. The van der Waals surface area contributed by atoms with E-state index in [4.69, 9.17) is 18.0 Å². The molecule has 5 heteroatoms. The van der Waals surface area contributed by atoms with Crippen LogP contribution in [-0.4, -0.2) is 20.9 Å². The number of benzene rings is 1. The van der Waals surface area contributed by atoms with Crippen LogP contribution in [0.1, 0.15) is 29.5 Å². The van der Waals surface area contributed by atoms with E-state index in [9.17, 15) is 9.90 Å². The molecule has 126 valence electrons. The van der Waals surface area contributed by atoms with Gasteiger partial charge in [-0.25, -0.2) is 9.97 Å². The van der Waals surface area contributed by atoms with Crippen molar-refractivity contribution < 1.29 is 9.90 Å². The predicted molar refractivity (Wildman–Crippen MR) is 98.1 cm³/mol. The van der Waals surface area contributed by atoms with Gasteiger partial charge in [-0.1, -0.05) is 11.6 Å². The van der Waals surface area contributed by atoms with Gasteiger partial charge in [0.25, 0.3) is 0 Å².